The first-order chi connectivity index (χ1) is 14.9. The molecule has 33 heavy (non-hydrogen) atoms. The number of rotatable bonds is 6. The van der Waals surface area contributed by atoms with Crippen molar-refractivity contribution in [2.24, 2.45) is 9.98 Å². The molecule has 0 aliphatic heterocycles. The van der Waals surface area contributed by atoms with Gasteiger partial charge < -0.3 is 0 Å². The second-order valence-electron chi connectivity index (χ2n) is 13.0. The number of halogens is 2. The van der Waals surface area contributed by atoms with Gasteiger partial charge in [-0.15, -0.1) is 0 Å². The molecule has 0 aromatic heterocycles. The third-order valence-electron chi connectivity index (χ3n) is 6.06. The third-order valence-corrected chi connectivity index (χ3v) is 6.06. The Morgan fingerprint density at radius 1 is 0.636 bits per heavy atom. The van der Waals surface area contributed by atoms with E-state index in [1.807, 2.05) is 0 Å². The van der Waals surface area contributed by atoms with Crippen molar-refractivity contribution >= 4 is 40.9 Å². The molecular formula is C26H52Br2N4Ni+2. The third kappa shape index (κ3) is 13.6. The fraction of sp³-hybridized carbons (Fsp3) is 0.923. The van der Waals surface area contributed by atoms with Gasteiger partial charge in [0.1, 0.15) is 0 Å². The van der Waals surface area contributed by atoms with Gasteiger partial charge in [0.05, 0.1) is 12.1 Å². The van der Waals surface area contributed by atoms with Gasteiger partial charge >= 0.3 is 39.3 Å². The van der Waals surface area contributed by atoms with Gasteiger partial charge in [0, 0.05) is 47.7 Å². The van der Waals surface area contributed by atoms with Crippen LogP contribution < -0.4 is 0 Å². The monoisotopic (exact) mass is 636 g/mol. The van der Waals surface area contributed by atoms with E-state index >= 15 is 0 Å². The van der Waals surface area contributed by atoms with Crippen LogP contribution in [-0.2, 0) is 10.9 Å². The van der Waals surface area contributed by atoms with E-state index in [2.05, 4.69) is 134 Å². The molecule has 2 atom stereocenters. The number of hydrogen-bond acceptors (Lipinski definition) is 4. The predicted octanol–water partition coefficient (Wildman–Crippen LogP) is 7.93. The van der Waals surface area contributed by atoms with E-state index in [9.17, 15) is 0 Å². The SMILES string of the molecule is CC(C)(C)N(CC=N[C@@H]1CCCC[C@H]1N=CCN(C(C)(C)C)C(C)(C)C)C(C)(C)C.[Br][Ni+2][Br]. The van der Waals surface area contributed by atoms with Crippen LogP contribution in [0.15, 0.2) is 9.98 Å². The molecule has 0 saturated heterocycles. The average Bonchev–Trinajstić information content (AvgIpc) is 2.59. The summed E-state index contributed by atoms with van der Waals surface area (Å²) in [4.78, 5) is 15.1. The Kier molecular flexibility index (Phi) is 14.8. The zero-order chi connectivity index (χ0) is 26.1. The first kappa shape index (κ1) is 33.7. The van der Waals surface area contributed by atoms with E-state index in [-0.39, 0.29) is 22.2 Å². The molecule has 1 aliphatic rings. The van der Waals surface area contributed by atoms with Crippen molar-refractivity contribution in [1.29, 1.82) is 0 Å². The molecule has 0 unspecified atom stereocenters. The standard InChI is InChI=1S/C26H52N4.2BrH.Ni/c1-23(2,3)29(24(4,5)6)19-17-27-21-15-13-14-16-22(21)28-18-20-30(25(7,8)9)26(10,11)12;;;/h17-18,21-22H,13-16,19-20H2,1-12H3;2*1H;/q;;;+4/p-2/t21-,22-;;;/m1.../s1. The van der Waals surface area contributed by atoms with Crippen LogP contribution in [0.25, 0.3) is 0 Å². The van der Waals surface area contributed by atoms with E-state index in [1.165, 1.54) is 23.7 Å². The summed E-state index contributed by atoms with van der Waals surface area (Å²) in [5.74, 6) is 0. The molecule has 0 N–H and O–H groups in total. The summed E-state index contributed by atoms with van der Waals surface area (Å²) >= 11 is 6.00. The minimum absolute atomic E-state index is 0.123. The van der Waals surface area contributed by atoms with Gasteiger partial charge in [-0.3, -0.25) is 19.8 Å². The molecule has 198 valence electrons. The summed E-state index contributed by atoms with van der Waals surface area (Å²) in [6.07, 6.45) is 9.17. The Bertz CT molecular complexity index is 515. The van der Waals surface area contributed by atoms with Crippen molar-refractivity contribution in [1.82, 2.24) is 9.80 Å². The quantitative estimate of drug-likeness (QED) is 0.219. The van der Waals surface area contributed by atoms with E-state index in [1.54, 1.807) is 0 Å². The van der Waals surface area contributed by atoms with Crippen LogP contribution in [-0.4, -0.2) is 69.6 Å². The number of aliphatic imine (C=N–C) groups is 2. The van der Waals surface area contributed by atoms with Gasteiger partial charge in [-0.2, -0.15) is 0 Å². The fourth-order valence-corrected chi connectivity index (χ4v) is 5.08. The van der Waals surface area contributed by atoms with E-state index in [4.69, 9.17) is 9.98 Å². The van der Waals surface area contributed by atoms with Crippen LogP contribution in [0.2, 0.25) is 0 Å². The second-order valence-corrected chi connectivity index (χ2v) is 18.0. The normalized spacial score (nSPS) is 21.3. The summed E-state index contributed by atoms with van der Waals surface area (Å²) in [6.45, 7) is 29.2. The van der Waals surface area contributed by atoms with Crippen molar-refractivity contribution < 1.29 is 10.9 Å². The van der Waals surface area contributed by atoms with Crippen molar-refractivity contribution in [2.75, 3.05) is 13.1 Å². The van der Waals surface area contributed by atoms with Crippen LogP contribution in [0.1, 0.15) is 109 Å². The molecule has 1 rings (SSSR count). The molecular weight excluding hydrogens is 587 g/mol. The minimum atomic E-state index is 0.123. The van der Waals surface area contributed by atoms with E-state index < -0.39 is 0 Å². The van der Waals surface area contributed by atoms with Gasteiger partial charge in [-0.25, -0.2) is 0 Å². The zero-order valence-corrected chi connectivity index (χ0v) is 27.6. The van der Waals surface area contributed by atoms with Gasteiger partial charge in [-0.05, 0) is 95.9 Å². The zero-order valence-electron chi connectivity index (χ0n) is 23.4. The van der Waals surface area contributed by atoms with Gasteiger partial charge in [-0.1, -0.05) is 12.8 Å². The van der Waals surface area contributed by atoms with Gasteiger partial charge in [0.15, 0.2) is 0 Å². The van der Waals surface area contributed by atoms with Crippen LogP contribution in [0.3, 0.4) is 0 Å². The maximum absolute atomic E-state index is 5.03. The predicted molar refractivity (Wildman–Crippen MR) is 153 cm³/mol. The number of nitrogens with zero attached hydrogens (tertiary/aromatic N) is 4. The first-order valence-corrected chi connectivity index (χ1v) is 17.1. The summed E-state index contributed by atoms with van der Waals surface area (Å²) in [5, 5.41) is 0. The average molecular weight is 639 g/mol. The molecule has 4 nitrogen and oxygen atoms in total. The Morgan fingerprint density at radius 2 is 0.879 bits per heavy atom. The number of hydrogen-bond donors (Lipinski definition) is 0. The molecule has 1 fully saturated rings. The van der Waals surface area contributed by atoms with Crippen LogP contribution in [0.5, 0.6) is 0 Å². The first-order valence-electron chi connectivity index (χ1n) is 12.3. The fourth-order valence-electron chi connectivity index (χ4n) is 5.08. The van der Waals surface area contributed by atoms with E-state index in [0.29, 0.717) is 12.1 Å². The van der Waals surface area contributed by atoms with E-state index in [0.717, 1.165) is 25.9 Å². The molecule has 0 aromatic carbocycles. The van der Waals surface area contributed by atoms with Gasteiger partial charge in [0.2, 0.25) is 0 Å². The summed E-state index contributed by atoms with van der Waals surface area (Å²) in [7, 11) is 1.25. The molecule has 0 heterocycles. The summed E-state index contributed by atoms with van der Waals surface area (Å²) in [5.41, 5.74) is 0.491. The second kappa shape index (κ2) is 14.5. The maximum atomic E-state index is 5.03. The molecule has 0 spiro atoms. The molecule has 1 aliphatic carbocycles. The van der Waals surface area contributed by atoms with Crippen LogP contribution in [0.4, 0.5) is 0 Å². The molecule has 0 amide bonds. The van der Waals surface area contributed by atoms with Gasteiger partial charge in [0.25, 0.3) is 0 Å². The Morgan fingerprint density at radius 3 is 1.09 bits per heavy atom. The summed E-state index contributed by atoms with van der Waals surface area (Å²) < 4.78 is 0. The topological polar surface area (TPSA) is 31.2 Å². The van der Waals surface area contributed by atoms with Crippen LogP contribution >= 0.6 is 28.5 Å². The Balaban J connectivity index is 0.00000322. The van der Waals surface area contributed by atoms with Crippen molar-refractivity contribution in [3.8, 4) is 0 Å². The van der Waals surface area contributed by atoms with Crippen LogP contribution in [0, 0.1) is 0 Å². The Labute approximate surface area is 226 Å². The Hall–Kier alpha value is 0.714. The molecule has 0 radical (unpaired) electrons. The molecule has 0 aromatic rings. The molecule has 0 bridgehead atoms. The van der Waals surface area contributed by atoms with Crippen molar-refractivity contribution in [3.05, 3.63) is 0 Å². The van der Waals surface area contributed by atoms with Crippen molar-refractivity contribution in [3.63, 3.8) is 0 Å². The summed E-state index contributed by atoms with van der Waals surface area (Å²) in [6, 6.07) is 0.657. The van der Waals surface area contributed by atoms with Crippen molar-refractivity contribution in [2.45, 2.75) is 143 Å². The molecule has 1 saturated carbocycles. The molecule has 7 heteroatoms.